The van der Waals surface area contributed by atoms with Crippen LogP contribution in [0.4, 0.5) is 11.6 Å². The highest BCUT2D eigenvalue weighted by Gasteiger charge is 2.29. The van der Waals surface area contributed by atoms with Gasteiger partial charge in [-0.05, 0) is 56.4 Å². The Morgan fingerprint density at radius 1 is 1.02 bits per heavy atom. The van der Waals surface area contributed by atoms with E-state index in [2.05, 4.69) is 35.4 Å². The predicted octanol–water partition coefficient (Wildman–Crippen LogP) is 4.92. The van der Waals surface area contributed by atoms with E-state index in [1.54, 1.807) is 34.3 Å². The molecule has 1 saturated heterocycles. The molecule has 252 valence electrons. The standard InChI is InChI=1S/C33H40ClN11O3/c1-23(18-44-22-35-21-39-44)48-31-15-24(3-8-29(31)34)25-16-36-33(37-17-25)40-30-19-45(41-32(30)47-20-28-9-10-38-42(28)2)27-6-4-26(5-7-27)43-11-13-46-14-12-43/h3,8-10,15-17,19,21-23,26-27H,4-7,11-14,18,20H2,1-2H3,(H,36,37,40)/t23-,26-,27-/m0/s1. The molecule has 1 aliphatic carbocycles. The number of aromatic nitrogens is 9. The molecule has 4 aromatic heterocycles. The summed E-state index contributed by atoms with van der Waals surface area (Å²) in [4.78, 5) is 15.8. The molecule has 0 bridgehead atoms. The number of hydrogen-bond acceptors (Lipinski definition) is 11. The number of halogens is 1. The van der Waals surface area contributed by atoms with E-state index in [0.29, 0.717) is 53.5 Å². The number of nitrogens with one attached hydrogen (secondary N) is 1. The van der Waals surface area contributed by atoms with E-state index in [9.17, 15) is 0 Å². The molecule has 5 aromatic rings. The molecule has 48 heavy (non-hydrogen) atoms. The summed E-state index contributed by atoms with van der Waals surface area (Å²) in [6.07, 6.45) is 14.7. The zero-order valence-corrected chi connectivity index (χ0v) is 27.9. The van der Waals surface area contributed by atoms with Crippen LogP contribution in [-0.4, -0.2) is 87.6 Å². The molecule has 5 heterocycles. The van der Waals surface area contributed by atoms with Gasteiger partial charge < -0.3 is 19.5 Å². The zero-order chi connectivity index (χ0) is 32.9. The van der Waals surface area contributed by atoms with Gasteiger partial charge in [-0.15, -0.1) is 5.10 Å². The summed E-state index contributed by atoms with van der Waals surface area (Å²) in [5.74, 6) is 1.51. The van der Waals surface area contributed by atoms with E-state index in [1.807, 2.05) is 49.1 Å². The smallest absolute Gasteiger partial charge is 0.257 e. The lowest BCUT2D eigenvalue weighted by atomic mass is 9.90. The molecular formula is C33H40ClN11O3. The van der Waals surface area contributed by atoms with Gasteiger partial charge in [-0.2, -0.15) is 10.2 Å². The van der Waals surface area contributed by atoms with Gasteiger partial charge in [-0.25, -0.2) is 19.6 Å². The number of anilines is 2. The van der Waals surface area contributed by atoms with Crippen LogP contribution in [0.2, 0.25) is 5.02 Å². The Hall–Kier alpha value is -4.53. The highest BCUT2D eigenvalue weighted by atomic mass is 35.5. The van der Waals surface area contributed by atoms with Crippen LogP contribution < -0.4 is 14.8 Å². The maximum atomic E-state index is 6.48. The molecule has 1 saturated carbocycles. The topological polar surface area (TPSA) is 135 Å². The van der Waals surface area contributed by atoms with Gasteiger partial charge >= 0.3 is 0 Å². The maximum Gasteiger partial charge on any atom is 0.257 e. The minimum atomic E-state index is -0.169. The lowest BCUT2D eigenvalue weighted by Gasteiger charge is -2.38. The van der Waals surface area contributed by atoms with E-state index in [0.717, 1.165) is 68.8 Å². The Kier molecular flexibility index (Phi) is 9.82. The van der Waals surface area contributed by atoms with Gasteiger partial charge in [0.15, 0.2) is 0 Å². The highest BCUT2D eigenvalue weighted by molar-refractivity contribution is 6.32. The fourth-order valence-electron chi connectivity index (χ4n) is 6.35. The van der Waals surface area contributed by atoms with Crippen LogP contribution in [0.3, 0.4) is 0 Å². The Morgan fingerprint density at radius 3 is 2.54 bits per heavy atom. The third-order valence-electron chi connectivity index (χ3n) is 8.98. The number of nitrogens with zero attached hydrogens (tertiary/aromatic N) is 10. The second-order valence-electron chi connectivity index (χ2n) is 12.3. The summed E-state index contributed by atoms with van der Waals surface area (Å²) in [6.45, 7) is 6.54. The summed E-state index contributed by atoms with van der Waals surface area (Å²) in [7, 11) is 1.90. The third-order valence-corrected chi connectivity index (χ3v) is 9.29. The van der Waals surface area contributed by atoms with Crippen molar-refractivity contribution in [1.82, 2.24) is 49.2 Å². The van der Waals surface area contributed by atoms with Crippen LogP contribution in [-0.2, 0) is 24.9 Å². The quantitative estimate of drug-likeness (QED) is 0.193. The van der Waals surface area contributed by atoms with Gasteiger partial charge in [0.2, 0.25) is 5.95 Å². The average Bonchev–Trinajstić information content (AvgIpc) is 3.88. The van der Waals surface area contributed by atoms with Gasteiger partial charge in [-0.1, -0.05) is 17.7 Å². The molecule has 1 atom stereocenters. The monoisotopic (exact) mass is 673 g/mol. The lowest BCUT2D eigenvalue weighted by Crippen LogP contribution is -2.45. The first kappa shape index (κ1) is 32.0. The van der Waals surface area contributed by atoms with Crippen molar-refractivity contribution in [3.05, 3.63) is 72.4 Å². The summed E-state index contributed by atoms with van der Waals surface area (Å²) in [6, 6.07) is 8.47. The number of rotatable bonds is 12. The van der Waals surface area contributed by atoms with Crippen LogP contribution in [0.25, 0.3) is 11.1 Å². The normalized spacial score (nSPS) is 19.2. The zero-order valence-electron chi connectivity index (χ0n) is 27.2. The minimum Gasteiger partial charge on any atom is -0.487 e. The van der Waals surface area contributed by atoms with E-state index >= 15 is 0 Å². The highest BCUT2D eigenvalue weighted by Crippen LogP contribution is 2.35. The molecular weight excluding hydrogens is 634 g/mol. The Morgan fingerprint density at radius 2 is 1.81 bits per heavy atom. The molecule has 7 rings (SSSR count). The number of morpholine rings is 1. The fourth-order valence-corrected chi connectivity index (χ4v) is 6.51. The van der Waals surface area contributed by atoms with Gasteiger partial charge in [-0.3, -0.25) is 14.3 Å². The second kappa shape index (κ2) is 14.7. The van der Waals surface area contributed by atoms with Crippen molar-refractivity contribution in [2.45, 2.75) is 63.9 Å². The van der Waals surface area contributed by atoms with E-state index in [4.69, 9.17) is 30.9 Å². The molecule has 0 radical (unpaired) electrons. The SMILES string of the molecule is C[C@@H](Cn1cncn1)Oc1cc(-c2cnc(Nc3cn([C@H]4CC[C@H](N5CCOCC5)CC4)nc3OCc3ccnn3C)nc2)ccc1Cl. The molecule has 0 unspecified atom stereocenters. The molecule has 2 fully saturated rings. The molecule has 0 spiro atoms. The second-order valence-corrected chi connectivity index (χ2v) is 12.7. The van der Waals surface area contributed by atoms with Crippen molar-refractivity contribution in [3.8, 4) is 22.8 Å². The molecule has 1 aromatic carbocycles. The summed E-state index contributed by atoms with van der Waals surface area (Å²) < 4.78 is 23.5. The van der Waals surface area contributed by atoms with Gasteiger partial charge in [0, 0.05) is 50.3 Å². The average molecular weight is 674 g/mol. The Balaban J connectivity index is 1.04. The van der Waals surface area contributed by atoms with Crippen molar-refractivity contribution in [2.24, 2.45) is 7.05 Å². The van der Waals surface area contributed by atoms with Gasteiger partial charge in [0.05, 0.1) is 42.7 Å². The molecule has 1 aliphatic heterocycles. The van der Waals surface area contributed by atoms with Crippen LogP contribution in [0.15, 0.2) is 61.7 Å². The molecule has 14 nitrogen and oxygen atoms in total. The third kappa shape index (κ3) is 7.61. The van der Waals surface area contributed by atoms with Crippen molar-refractivity contribution in [2.75, 3.05) is 31.6 Å². The summed E-state index contributed by atoms with van der Waals surface area (Å²) in [5, 5.41) is 17.2. The first-order valence-electron chi connectivity index (χ1n) is 16.4. The largest absolute Gasteiger partial charge is 0.487 e. The van der Waals surface area contributed by atoms with Crippen molar-refractivity contribution >= 4 is 23.2 Å². The van der Waals surface area contributed by atoms with Crippen LogP contribution in [0, 0.1) is 0 Å². The van der Waals surface area contributed by atoms with E-state index in [-0.39, 0.29) is 6.10 Å². The molecule has 15 heteroatoms. The summed E-state index contributed by atoms with van der Waals surface area (Å²) in [5.41, 5.74) is 3.37. The Labute approximate surface area is 284 Å². The molecule has 2 aliphatic rings. The van der Waals surface area contributed by atoms with Crippen molar-refractivity contribution in [1.29, 1.82) is 0 Å². The number of ether oxygens (including phenoxy) is 3. The number of benzene rings is 1. The van der Waals surface area contributed by atoms with E-state index < -0.39 is 0 Å². The van der Waals surface area contributed by atoms with Gasteiger partial charge in [0.25, 0.3) is 5.88 Å². The lowest BCUT2D eigenvalue weighted by molar-refractivity contribution is 0.00502. The van der Waals surface area contributed by atoms with Crippen LogP contribution >= 0.6 is 11.6 Å². The minimum absolute atomic E-state index is 0.169. The predicted molar refractivity (Wildman–Crippen MR) is 179 cm³/mol. The van der Waals surface area contributed by atoms with Gasteiger partial charge in [0.1, 0.15) is 36.8 Å². The number of aryl methyl sites for hydroxylation is 1. The Bertz CT molecular complexity index is 1760. The van der Waals surface area contributed by atoms with Crippen LogP contribution in [0.5, 0.6) is 11.6 Å². The molecule has 1 N–H and O–H groups in total. The fraction of sp³-hybridized carbons (Fsp3) is 0.455. The van der Waals surface area contributed by atoms with Crippen LogP contribution in [0.1, 0.15) is 44.3 Å². The number of hydrogen-bond donors (Lipinski definition) is 1. The molecule has 0 amide bonds. The first-order chi connectivity index (χ1) is 23.5. The first-order valence-corrected chi connectivity index (χ1v) is 16.7. The maximum absolute atomic E-state index is 6.48. The van der Waals surface area contributed by atoms with E-state index in [1.165, 1.54) is 6.33 Å². The van der Waals surface area contributed by atoms with Crippen molar-refractivity contribution in [3.63, 3.8) is 0 Å². The van der Waals surface area contributed by atoms with Crippen molar-refractivity contribution < 1.29 is 14.2 Å². The summed E-state index contributed by atoms with van der Waals surface area (Å²) >= 11 is 6.48.